The van der Waals surface area contributed by atoms with Crippen LogP contribution in [0.5, 0.6) is 0 Å². The zero-order valence-electron chi connectivity index (χ0n) is 10.5. The summed E-state index contributed by atoms with van der Waals surface area (Å²) in [5.41, 5.74) is 3.35. The number of amides is 1. The fraction of sp³-hybridized carbons (Fsp3) is 0.429. The summed E-state index contributed by atoms with van der Waals surface area (Å²) in [5.74, 6) is -0.675. The molecule has 18 heavy (non-hydrogen) atoms. The molecule has 4 nitrogen and oxygen atoms in total. The minimum absolute atomic E-state index is 0.0763. The van der Waals surface area contributed by atoms with Gasteiger partial charge in [0.1, 0.15) is 0 Å². The fourth-order valence-corrected chi connectivity index (χ4v) is 2.38. The number of benzene rings is 1. The molecule has 96 valence electrons. The van der Waals surface area contributed by atoms with Crippen LogP contribution < -0.4 is 4.90 Å². The zero-order chi connectivity index (χ0) is 13.1. The van der Waals surface area contributed by atoms with Crippen LogP contribution in [0.1, 0.15) is 30.9 Å². The van der Waals surface area contributed by atoms with Gasteiger partial charge in [-0.3, -0.25) is 9.59 Å². The molecule has 1 aromatic rings. The van der Waals surface area contributed by atoms with E-state index in [1.807, 2.05) is 12.1 Å². The first kappa shape index (κ1) is 12.6. The van der Waals surface area contributed by atoms with Gasteiger partial charge in [0.05, 0.1) is 0 Å². The molecule has 1 aromatic carbocycles. The molecule has 1 aliphatic heterocycles. The summed E-state index contributed by atoms with van der Waals surface area (Å²) in [7, 11) is 0. The zero-order valence-corrected chi connectivity index (χ0v) is 10.5. The van der Waals surface area contributed by atoms with Crippen LogP contribution in [0.25, 0.3) is 0 Å². The van der Waals surface area contributed by atoms with Gasteiger partial charge in [0.25, 0.3) is 0 Å². The quantitative estimate of drug-likeness (QED) is 0.885. The van der Waals surface area contributed by atoms with Crippen LogP contribution in [0, 0.1) is 0 Å². The Bertz CT molecular complexity index is 482. The van der Waals surface area contributed by atoms with E-state index in [4.69, 9.17) is 5.11 Å². The Kier molecular flexibility index (Phi) is 3.65. The van der Waals surface area contributed by atoms with Crippen LogP contribution in [-0.4, -0.2) is 23.5 Å². The molecule has 0 atom stereocenters. The van der Waals surface area contributed by atoms with Crippen molar-refractivity contribution in [3.05, 3.63) is 29.3 Å². The van der Waals surface area contributed by atoms with Gasteiger partial charge in [-0.05, 0) is 36.5 Å². The number of hydrogen-bond donors (Lipinski definition) is 1. The molecule has 0 saturated heterocycles. The van der Waals surface area contributed by atoms with Crippen molar-refractivity contribution >= 4 is 17.6 Å². The lowest BCUT2D eigenvalue weighted by Crippen LogP contribution is -2.25. The predicted molar refractivity (Wildman–Crippen MR) is 68.7 cm³/mol. The number of nitrogens with zero attached hydrogens (tertiary/aromatic N) is 1. The number of hydrogen-bond acceptors (Lipinski definition) is 2. The van der Waals surface area contributed by atoms with Crippen molar-refractivity contribution in [2.24, 2.45) is 0 Å². The lowest BCUT2D eigenvalue weighted by Gasteiger charge is -2.14. The topological polar surface area (TPSA) is 57.6 Å². The van der Waals surface area contributed by atoms with E-state index in [2.05, 4.69) is 6.07 Å². The van der Waals surface area contributed by atoms with Crippen LogP contribution in [0.2, 0.25) is 0 Å². The minimum atomic E-state index is -0.751. The van der Waals surface area contributed by atoms with Gasteiger partial charge in [-0.2, -0.15) is 0 Å². The number of fused-ring (bicyclic) bond motifs is 1. The van der Waals surface area contributed by atoms with Crippen molar-refractivity contribution in [2.45, 2.75) is 32.6 Å². The monoisotopic (exact) mass is 247 g/mol. The third kappa shape index (κ3) is 2.70. The molecule has 0 bridgehead atoms. The number of aliphatic carboxylic acids is 1. The highest BCUT2D eigenvalue weighted by Gasteiger charge is 2.21. The number of anilines is 1. The molecule has 4 heteroatoms. The molecule has 1 aliphatic rings. The maximum Gasteiger partial charge on any atom is 0.303 e. The molecule has 0 radical (unpaired) electrons. The highest BCUT2D eigenvalue weighted by Crippen LogP contribution is 2.29. The lowest BCUT2D eigenvalue weighted by atomic mass is 10.0. The SMILES string of the molecule is CC(=O)N1CCc2cc(CCCC(=O)O)ccc21. The van der Waals surface area contributed by atoms with Crippen molar-refractivity contribution in [1.82, 2.24) is 0 Å². The van der Waals surface area contributed by atoms with E-state index in [0.717, 1.165) is 30.6 Å². The second-order valence-corrected chi connectivity index (χ2v) is 4.63. The van der Waals surface area contributed by atoms with Crippen LogP contribution >= 0.6 is 0 Å². The number of carbonyl (C=O) groups excluding carboxylic acids is 1. The van der Waals surface area contributed by atoms with E-state index in [1.54, 1.807) is 11.8 Å². The summed E-state index contributed by atoms with van der Waals surface area (Å²) in [5, 5.41) is 8.60. The van der Waals surface area contributed by atoms with Crippen molar-refractivity contribution in [3.63, 3.8) is 0 Å². The number of carboxylic acid groups (broad SMARTS) is 1. The minimum Gasteiger partial charge on any atom is -0.481 e. The average molecular weight is 247 g/mol. The van der Waals surface area contributed by atoms with E-state index in [9.17, 15) is 9.59 Å². The Morgan fingerprint density at radius 2 is 2.17 bits per heavy atom. The summed E-state index contributed by atoms with van der Waals surface area (Å²) in [6.45, 7) is 2.33. The summed E-state index contributed by atoms with van der Waals surface area (Å²) in [4.78, 5) is 23.6. The van der Waals surface area contributed by atoms with Gasteiger partial charge in [0, 0.05) is 25.6 Å². The molecule has 0 fully saturated rings. The van der Waals surface area contributed by atoms with Gasteiger partial charge in [-0.1, -0.05) is 12.1 Å². The van der Waals surface area contributed by atoms with Gasteiger partial charge < -0.3 is 10.0 Å². The van der Waals surface area contributed by atoms with E-state index in [1.165, 1.54) is 5.56 Å². The molecule has 0 aliphatic carbocycles. The fourth-order valence-electron chi connectivity index (χ4n) is 2.38. The van der Waals surface area contributed by atoms with Crippen LogP contribution in [0.4, 0.5) is 5.69 Å². The van der Waals surface area contributed by atoms with Crippen molar-refractivity contribution in [3.8, 4) is 0 Å². The average Bonchev–Trinajstić information content (AvgIpc) is 2.71. The van der Waals surface area contributed by atoms with Crippen LogP contribution in [0.3, 0.4) is 0 Å². The first-order chi connectivity index (χ1) is 8.58. The van der Waals surface area contributed by atoms with Gasteiger partial charge >= 0.3 is 5.97 Å². The molecular weight excluding hydrogens is 230 g/mol. The Morgan fingerprint density at radius 1 is 1.39 bits per heavy atom. The lowest BCUT2D eigenvalue weighted by molar-refractivity contribution is -0.137. The first-order valence-corrected chi connectivity index (χ1v) is 6.19. The molecular formula is C14H17NO3. The largest absolute Gasteiger partial charge is 0.481 e. The van der Waals surface area contributed by atoms with E-state index >= 15 is 0 Å². The highest BCUT2D eigenvalue weighted by atomic mass is 16.4. The van der Waals surface area contributed by atoms with Gasteiger partial charge in [-0.15, -0.1) is 0 Å². The predicted octanol–water partition coefficient (Wildman–Crippen LogP) is 2.00. The summed E-state index contributed by atoms with van der Waals surface area (Å²) >= 11 is 0. The maximum absolute atomic E-state index is 11.4. The van der Waals surface area contributed by atoms with Gasteiger partial charge in [-0.25, -0.2) is 0 Å². The van der Waals surface area contributed by atoms with Gasteiger partial charge in [0.2, 0.25) is 5.91 Å². The second-order valence-electron chi connectivity index (χ2n) is 4.63. The van der Waals surface area contributed by atoms with E-state index in [-0.39, 0.29) is 12.3 Å². The standard InChI is InChI=1S/C14H17NO3/c1-10(16)15-8-7-12-9-11(5-6-13(12)15)3-2-4-14(17)18/h5-6,9H,2-4,7-8H2,1H3,(H,17,18). The molecule has 0 saturated carbocycles. The second kappa shape index (κ2) is 5.21. The molecule has 0 unspecified atom stereocenters. The summed E-state index contributed by atoms with van der Waals surface area (Å²) < 4.78 is 0. The summed E-state index contributed by atoms with van der Waals surface area (Å²) in [6, 6.07) is 6.06. The van der Waals surface area contributed by atoms with Crippen LogP contribution in [0.15, 0.2) is 18.2 Å². The smallest absolute Gasteiger partial charge is 0.303 e. The molecule has 1 heterocycles. The molecule has 0 aromatic heterocycles. The molecule has 0 spiro atoms. The van der Waals surface area contributed by atoms with Crippen molar-refractivity contribution in [2.75, 3.05) is 11.4 Å². The van der Waals surface area contributed by atoms with Crippen molar-refractivity contribution in [1.29, 1.82) is 0 Å². The van der Waals surface area contributed by atoms with E-state index < -0.39 is 5.97 Å². The van der Waals surface area contributed by atoms with Crippen molar-refractivity contribution < 1.29 is 14.7 Å². The number of rotatable bonds is 4. The molecule has 1 amide bonds. The Morgan fingerprint density at radius 3 is 2.83 bits per heavy atom. The van der Waals surface area contributed by atoms with E-state index in [0.29, 0.717) is 6.42 Å². The van der Waals surface area contributed by atoms with Gasteiger partial charge in [0.15, 0.2) is 0 Å². The molecule has 2 rings (SSSR count). The summed E-state index contributed by atoms with van der Waals surface area (Å²) in [6.07, 6.45) is 2.53. The highest BCUT2D eigenvalue weighted by molar-refractivity contribution is 5.93. The number of carboxylic acids is 1. The third-order valence-corrected chi connectivity index (χ3v) is 3.28. The third-order valence-electron chi connectivity index (χ3n) is 3.28. The van der Waals surface area contributed by atoms with Crippen LogP contribution in [-0.2, 0) is 22.4 Å². The maximum atomic E-state index is 11.4. The Balaban J connectivity index is 2.05. The first-order valence-electron chi connectivity index (χ1n) is 6.19. The number of carbonyl (C=O) groups is 2. The molecule has 1 N–H and O–H groups in total. The number of aryl methyl sites for hydroxylation is 1. The Hall–Kier alpha value is -1.84. The normalized spacial score (nSPS) is 13.5. The Labute approximate surface area is 106 Å².